The van der Waals surface area contributed by atoms with Crippen LogP contribution in [0.1, 0.15) is 0 Å². The lowest BCUT2D eigenvalue weighted by atomic mass is 10.5. The summed E-state index contributed by atoms with van der Waals surface area (Å²) >= 11 is 0.502. The molecule has 2 aromatic heterocycles. The Kier molecular flexibility index (Phi) is 2.18. The predicted molar refractivity (Wildman–Crippen MR) is 47.1 cm³/mol. The standard InChI is InChI=1S/C8H6F2N2S/c9-8(10)13-7-5-11-6-3-1-2-4-12(6)7/h1-5,8H. The molecule has 0 radical (unpaired) electrons. The molecule has 2 heterocycles. The summed E-state index contributed by atoms with van der Waals surface area (Å²) in [7, 11) is 0. The largest absolute Gasteiger partial charge is 0.295 e. The minimum atomic E-state index is -2.40. The van der Waals surface area contributed by atoms with E-state index in [9.17, 15) is 8.78 Å². The second-order valence-electron chi connectivity index (χ2n) is 2.40. The molecule has 0 atom stereocenters. The van der Waals surface area contributed by atoms with E-state index >= 15 is 0 Å². The number of halogens is 2. The van der Waals surface area contributed by atoms with Gasteiger partial charge in [0.2, 0.25) is 0 Å². The topological polar surface area (TPSA) is 17.3 Å². The van der Waals surface area contributed by atoms with E-state index in [1.165, 1.54) is 6.20 Å². The van der Waals surface area contributed by atoms with Crippen molar-refractivity contribution in [2.75, 3.05) is 0 Å². The fourth-order valence-electron chi connectivity index (χ4n) is 1.09. The summed E-state index contributed by atoms with van der Waals surface area (Å²) < 4.78 is 25.7. The molecule has 0 saturated heterocycles. The molecule has 5 heteroatoms. The molecule has 0 aliphatic carbocycles. The Hall–Kier alpha value is -1.10. The molecule has 2 rings (SSSR count). The van der Waals surface area contributed by atoms with E-state index in [-0.39, 0.29) is 0 Å². The van der Waals surface area contributed by atoms with Gasteiger partial charge < -0.3 is 0 Å². The van der Waals surface area contributed by atoms with Crippen molar-refractivity contribution in [3.63, 3.8) is 0 Å². The maximum atomic E-state index is 12.0. The monoisotopic (exact) mass is 200 g/mol. The molecule has 0 aromatic carbocycles. The van der Waals surface area contributed by atoms with E-state index in [0.717, 1.165) is 0 Å². The summed E-state index contributed by atoms with van der Waals surface area (Å²) in [4.78, 5) is 3.98. The molecule has 0 aliphatic rings. The van der Waals surface area contributed by atoms with Gasteiger partial charge in [-0.3, -0.25) is 4.40 Å². The highest BCUT2D eigenvalue weighted by Crippen LogP contribution is 2.25. The third kappa shape index (κ3) is 1.65. The maximum Gasteiger partial charge on any atom is 0.290 e. The van der Waals surface area contributed by atoms with Crippen molar-refractivity contribution < 1.29 is 8.78 Å². The van der Waals surface area contributed by atoms with Gasteiger partial charge in [0.15, 0.2) is 0 Å². The molecular formula is C8H6F2N2S. The predicted octanol–water partition coefficient (Wildman–Crippen LogP) is 2.65. The van der Waals surface area contributed by atoms with Crippen LogP contribution in [0.5, 0.6) is 0 Å². The molecule has 13 heavy (non-hydrogen) atoms. The molecule has 2 nitrogen and oxygen atoms in total. The van der Waals surface area contributed by atoms with Crippen LogP contribution in [0.2, 0.25) is 0 Å². The van der Waals surface area contributed by atoms with Crippen molar-refractivity contribution >= 4 is 17.4 Å². The lowest BCUT2D eigenvalue weighted by Gasteiger charge is -1.98. The molecular weight excluding hydrogens is 194 g/mol. The van der Waals surface area contributed by atoms with Gasteiger partial charge >= 0.3 is 0 Å². The van der Waals surface area contributed by atoms with Gasteiger partial charge in [-0.15, -0.1) is 0 Å². The highest BCUT2D eigenvalue weighted by Gasteiger charge is 2.09. The number of hydrogen-bond donors (Lipinski definition) is 0. The van der Waals surface area contributed by atoms with Crippen molar-refractivity contribution in [1.82, 2.24) is 9.38 Å². The number of imidazole rings is 1. The van der Waals surface area contributed by atoms with Crippen LogP contribution in [-0.2, 0) is 0 Å². The van der Waals surface area contributed by atoms with Gasteiger partial charge in [-0.2, -0.15) is 8.78 Å². The molecule has 0 fully saturated rings. The number of pyridine rings is 1. The van der Waals surface area contributed by atoms with Crippen LogP contribution < -0.4 is 0 Å². The summed E-state index contributed by atoms with van der Waals surface area (Å²) in [6.45, 7) is 0. The lowest BCUT2D eigenvalue weighted by Crippen LogP contribution is -1.87. The first-order valence-corrected chi connectivity index (χ1v) is 4.52. The Morgan fingerprint density at radius 2 is 2.23 bits per heavy atom. The van der Waals surface area contributed by atoms with E-state index in [0.29, 0.717) is 22.4 Å². The quantitative estimate of drug-likeness (QED) is 0.693. The number of aromatic nitrogens is 2. The Morgan fingerprint density at radius 1 is 1.38 bits per heavy atom. The minimum absolute atomic E-state index is 0.464. The van der Waals surface area contributed by atoms with Crippen molar-refractivity contribution in [1.29, 1.82) is 0 Å². The average Bonchev–Trinajstić information content (AvgIpc) is 2.48. The van der Waals surface area contributed by atoms with Gasteiger partial charge in [-0.05, 0) is 23.9 Å². The molecule has 0 amide bonds. The average molecular weight is 200 g/mol. The summed E-state index contributed by atoms with van der Waals surface area (Å²) in [6.07, 6.45) is 3.17. The number of alkyl halides is 2. The van der Waals surface area contributed by atoms with Crippen molar-refractivity contribution in [3.8, 4) is 0 Å². The van der Waals surface area contributed by atoms with E-state index in [4.69, 9.17) is 0 Å². The smallest absolute Gasteiger partial charge is 0.290 e. The molecule has 0 bridgehead atoms. The van der Waals surface area contributed by atoms with E-state index in [1.807, 2.05) is 6.07 Å². The second kappa shape index (κ2) is 3.33. The van der Waals surface area contributed by atoms with E-state index in [1.54, 1.807) is 22.7 Å². The van der Waals surface area contributed by atoms with E-state index in [2.05, 4.69) is 4.98 Å². The molecule has 0 N–H and O–H groups in total. The second-order valence-corrected chi connectivity index (χ2v) is 3.41. The third-order valence-corrected chi connectivity index (χ3v) is 2.31. The molecule has 2 aromatic rings. The van der Waals surface area contributed by atoms with E-state index < -0.39 is 5.76 Å². The zero-order valence-electron chi connectivity index (χ0n) is 6.52. The SMILES string of the molecule is FC(F)Sc1cnc2ccccn12. The van der Waals surface area contributed by atoms with Gasteiger partial charge in [0.25, 0.3) is 5.76 Å². The van der Waals surface area contributed by atoms with Crippen LogP contribution in [0.3, 0.4) is 0 Å². The number of nitrogens with zero attached hydrogens (tertiary/aromatic N) is 2. The first kappa shape index (κ1) is 8.50. The Morgan fingerprint density at radius 3 is 3.00 bits per heavy atom. The summed E-state index contributed by atoms with van der Waals surface area (Å²) in [6, 6.07) is 5.37. The summed E-state index contributed by atoms with van der Waals surface area (Å²) in [5.41, 5.74) is 0.686. The van der Waals surface area contributed by atoms with Crippen LogP contribution in [0.25, 0.3) is 5.65 Å². The van der Waals surface area contributed by atoms with Gasteiger partial charge in [0.05, 0.1) is 6.20 Å². The normalized spacial score (nSPS) is 11.3. The fraction of sp³-hybridized carbons (Fsp3) is 0.125. The Bertz CT molecular complexity index is 413. The van der Waals surface area contributed by atoms with Crippen molar-refractivity contribution in [2.24, 2.45) is 0 Å². The zero-order chi connectivity index (χ0) is 9.26. The first-order valence-electron chi connectivity index (χ1n) is 3.64. The highest BCUT2D eigenvalue weighted by atomic mass is 32.2. The Labute approximate surface area is 77.6 Å². The van der Waals surface area contributed by atoms with Crippen LogP contribution in [0.4, 0.5) is 8.78 Å². The number of thioether (sulfide) groups is 1. The fourth-order valence-corrected chi connectivity index (χ4v) is 1.65. The van der Waals surface area contributed by atoms with Crippen LogP contribution in [0, 0.1) is 0 Å². The van der Waals surface area contributed by atoms with Gasteiger partial charge in [-0.1, -0.05) is 6.07 Å². The number of rotatable bonds is 2. The summed E-state index contributed by atoms with van der Waals surface area (Å²) in [5, 5.41) is 0.464. The minimum Gasteiger partial charge on any atom is -0.295 e. The first-order chi connectivity index (χ1) is 6.27. The molecule has 0 unspecified atom stereocenters. The van der Waals surface area contributed by atoms with Gasteiger partial charge in [0, 0.05) is 6.20 Å². The van der Waals surface area contributed by atoms with Crippen LogP contribution >= 0.6 is 11.8 Å². The maximum absolute atomic E-state index is 12.0. The molecule has 0 aliphatic heterocycles. The number of hydrogen-bond acceptors (Lipinski definition) is 2. The van der Waals surface area contributed by atoms with Gasteiger partial charge in [0.1, 0.15) is 10.7 Å². The molecule has 0 saturated carbocycles. The lowest BCUT2D eigenvalue weighted by molar-refractivity contribution is 0.252. The summed E-state index contributed by atoms with van der Waals surface area (Å²) in [5.74, 6) is -2.40. The van der Waals surface area contributed by atoms with Crippen molar-refractivity contribution in [2.45, 2.75) is 10.8 Å². The number of fused-ring (bicyclic) bond motifs is 1. The van der Waals surface area contributed by atoms with Crippen molar-refractivity contribution in [3.05, 3.63) is 30.6 Å². The highest BCUT2D eigenvalue weighted by molar-refractivity contribution is 7.99. The molecule has 68 valence electrons. The zero-order valence-corrected chi connectivity index (χ0v) is 7.34. The third-order valence-electron chi connectivity index (χ3n) is 1.59. The van der Waals surface area contributed by atoms with Gasteiger partial charge in [-0.25, -0.2) is 4.98 Å². The van der Waals surface area contributed by atoms with Crippen LogP contribution in [0.15, 0.2) is 35.6 Å². The van der Waals surface area contributed by atoms with Crippen LogP contribution in [-0.4, -0.2) is 15.1 Å². The Balaban J connectivity index is 2.46. The molecule has 0 spiro atoms.